The second-order valence-corrected chi connectivity index (χ2v) is 9.55. The fourth-order valence-electron chi connectivity index (χ4n) is 5.04. The molecule has 1 saturated heterocycles. The predicted molar refractivity (Wildman–Crippen MR) is 134 cm³/mol. The van der Waals surface area contributed by atoms with Crippen LogP contribution in [-0.4, -0.2) is 28.2 Å². The molecule has 1 unspecified atom stereocenters. The number of likely N-dealkylation sites (tertiary alicyclic amines) is 1. The molecule has 6 heteroatoms. The molecule has 1 N–H and O–H groups in total. The Morgan fingerprint density at radius 2 is 1.63 bits per heavy atom. The van der Waals surface area contributed by atoms with Gasteiger partial charge in [-0.1, -0.05) is 48.0 Å². The summed E-state index contributed by atoms with van der Waals surface area (Å²) in [7, 11) is 0. The third-order valence-electron chi connectivity index (χ3n) is 6.90. The monoisotopic (exact) mass is 489 g/mol. The Bertz CT molecular complexity index is 1310. The van der Waals surface area contributed by atoms with Crippen molar-refractivity contribution in [1.29, 1.82) is 0 Å². The van der Waals surface area contributed by atoms with Crippen LogP contribution in [0.4, 0.5) is 4.39 Å². The van der Waals surface area contributed by atoms with E-state index in [1.54, 1.807) is 24.3 Å². The summed E-state index contributed by atoms with van der Waals surface area (Å²) in [5.41, 5.74) is 4.51. The van der Waals surface area contributed by atoms with E-state index in [9.17, 15) is 19.1 Å². The molecule has 1 aliphatic carbocycles. The highest BCUT2D eigenvalue weighted by Gasteiger charge is 2.45. The molecule has 35 heavy (non-hydrogen) atoms. The van der Waals surface area contributed by atoms with Gasteiger partial charge in [-0.15, -0.1) is 0 Å². The molecule has 178 valence electrons. The molecular formula is C29H25ClFNO3. The van der Waals surface area contributed by atoms with Crippen molar-refractivity contribution in [3.63, 3.8) is 0 Å². The molecule has 3 aromatic carbocycles. The van der Waals surface area contributed by atoms with Crippen molar-refractivity contribution in [2.75, 3.05) is 6.54 Å². The summed E-state index contributed by atoms with van der Waals surface area (Å²) in [6, 6.07) is 17.9. The van der Waals surface area contributed by atoms with Gasteiger partial charge in [0.25, 0.3) is 11.7 Å². The number of carbonyl (C=O) groups is 2. The fraction of sp³-hybridized carbons (Fsp3) is 0.241. The summed E-state index contributed by atoms with van der Waals surface area (Å²) in [6.07, 6.45) is 4.65. The van der Waals surface area contributed by atoms with Crippen molar-refractivity contribution in [2.45, 2.75) is 38.1 Å². The van der Waals surface area contributed by atoms with Crippen LogP contribution in [0.1, 0.15) is 46.7 Å². The lowest BCUT2D eigenvalue weighted by molar-refractivity contribution is -0.139. The number of aliphatic hydroxyl groups excluding tert-OH is 1. The summed E-state index contributed by atoms with van der Waals surface area (Å²) in [6.45, 7) is 0.259. The van der Waals surface area contributed by atoms with Gasteiger partial charge in [0.1, 0.15) is 11.6 Å². The van der Waals surface area contributed by atoms with E-state index >= 15 is 0 Å². The molecule has 0 bridgehead atoms. The Morgan fingerprint density at radius 3 is 2.34 bits per heavy atom. The summed E-state index contributed by atoms with van der Waals surface area (Å²) in [5, 5.41) is 11.9. The van der Waals surface area contributed by atoms with Gasteiger partial charge in [0.15, 0.2) is 0 Å². The smallest absolute Gasteiger partial charge is 0.295 e. The van der Waals surface area contributed by atoms with E-state index in [0.717, 1.165) is 36.8 Å². The van der Waals surface area contributed by atoms with Gasteiger partial charge < -0.3 is 10.0 Å². The summed E-state index contributed by atoms with van der Waals surface area (Å²) < 4.78 is 13.7. The Hall–Kier alpha value is -3.44. The third-order valence-corrected chi connectivity index (χ3v) is 7.15. The molecule has 1 aliphatic heterocycles. The molecule has 0 radical (unpaired) electrons. The van der Waals surface area contributed by atoms with Crippen LogP contribution in [0.5, 0.6) is 0 Å². The summed E-state index contributed by atoms with van der Waals surface area (Å²) in [5.74, 6) is -2.01. The predicted octanol–water partition coefficient (Wildman–Crippen LogP) is 6.02. The van der Waals surface area contributed by atoms with E-state index in [1.807, 2.05) is 30.3 Å². The highest BCUT2D eigenvalue weighted by Crippen LogP contribution is 2.40. The van der Waals surface area contributed by atoms with Crippen molar-refractivity contribution >= 4 is 29.1 Å². The topological polar surface area (TPSA) is 57.6 Å². The van der Waals surface area contributed by atoms with Crippen molar-refractivity contribution < 1.29 is 19.1 Å². The number of carbonyl (C=O) groups excluding carboxylic acids is 2. The van der Waals surface area contributed by atoms with Crippen molar-refractivity contribution in [3.8, 4) is 0 Å². The van der Waals surface area contributed by atoms with Gasteiger partial charge in [-0.2, -0.15) is 0 Å². The number of rotatable bonds is 5. The van der Waals surface area contributed by atoms with Crippen LogP contribution >= 0.6 is 11.6 Å². The van der Waals surface area contributed by atoms with E-state index in [4.69, 9.17) is 11.6 Å². The Kier molecular flexibility index (Phi) is 6.44. The van der Waals surface area contributed by atoms with Crippen LogP contribution in [0.2, 0.25) is 5.02 Å². The van der Waals surface area contributed by atoms with E-state index in [-0.39, 0.29) is 17.9 Å². The SMILES string of the molecule is O=C1C(=O)N(CCc2ccc(Cl)cc2)C(c2ccc(F)cc2)/C1=C(/O)c1ccc2c(c1)CCCC2. The average molecular weight is 490 g/mol. The number of ketones is 1. The number of halogens is 2. The van der Waals surface area contributed by atoms with Crippen LogP contribution < -0.4 is 0 Å². The number of aryl methyl sites for hydroxylation is 2. The minimum absolute atomic E-state index is 0.0356. The first-order valence-electron chi connectivity index (χ1n) is 11.8. The van der Waals surface area contributed by atoms with Gasteiger partial charge in [-0.25, -0.2) is 4.39 Å². The molecule has 1 atom stereocenters. The highest BCUT2D eigenvalue weighted by molar-refractivity contribution is 6.46. The number of hydrogen-bond donors (Lipinski definition) is 1. The second kappa shape index (κ2) is 9.67. The number of nitrogens with zero attached hydrogens (tertiary/aromatic N) is 1. The van der Waals surface area contributed by atoms with Crippen LogP contribution in [0.25, 0.3) is 5.76 Å². The molecule has 3 aromatic rings. The standard InChI is InChI=1S/C29H25ClFNO3/c30-23-11-5-18(6-12-23)15-16-32-26(20-9-13-24(31)14-10-20)25(28(34)29(32)35)27(33)22-8-7-19-3-1-2-4-21(19)17-22/h5-14,17,26,33H,1-4,15-16H2/b27-25-. The zero-order chi connectivity index (χ0) is 24.5. The third kappa shape index (κ3) is 4.61. The number of aliphatic hydroxyl groups is 1. The highest BCUT2D eigenvalue weighted by atomic mass is 35.5. The molecule has 0 spiro atoms. The zero-order valence-corrected chi connectivity index (χ0v) is 19.9. The number of hydrogen-bond acceptors (Lipinski definition) is 3. The quantitative estimate of drug-likeness (QED) is 0.271. The average Bonchev–Trinajstić information content (AvgIpc) is 3.13. The molecule has 0 saturated carbocycles. The molecule has 1 heterocycles. The maximum atomic E-state index is 13.7. The van der Waals surface area contributed by atoms with Gasteiger partial charge in [-0.3, -0.25) is 9.59 Å². The Balaban J connectivity index is 1.55. The molecule has 0 aromatic heterocycles. The first-order chi connectivity index (χ1) is 16.9. The minimum atomic E-state index is -0.807. The molecule has 5 rings (SSSR count). The lowest BCUT2D eigenvalue weighted by atomic mass is 9.88. The number of benzene rings is 3. The van der Waals surface area contributed by atoms with Crippen LogP contribution in [0, 0.1) is 5.82 Å². The maximum Gasteiger partial charge on any atom is 0.295 e. The first-order valence-corrected chi connectivity index (χ1v) is 12.2. The van der Waals surface area contributed by atoms with Crippen molar-refractivity contribution in [3.05, 3.63) is 111 Å². The number of fused-ring (bicyclic) bond motifs is 1. The van der Waals surface area contributed by atoms with E-state index in [0.29, 0.717) is 22.6 Å². The molecule has 1 amide bonds. The molecule has 4 nitrogen and oxygen atoms in total. The normalized spacial score (nSPS) is 19.1. The van der Waals surface area contributed by atoms with Crippen LogP contribution in [0.3, 0.4) is 0 Å². The van der Waals surface area contributed by atoms with Crippen molar-refractivity contribution in [2.24, 2.45) is 0 Å². The largest absolute Gasteiger partial charge is 0.507 e. The number of Topliss-reactive ketones (excluding diaryl/α,β-unsaturated/α-hetero) is 1. The Labute approximate surface area is 208 Å². The zero-order valence-electron chi connectivity index (χ0n) is 19.1. The van der Waals surface area contributed by atoms with Gasteiger partial charge in [0.05, 0.1) is 11.6 Å². The van der Waals surface area contributed by atoms with Crippen molar-refractivity contribution in [1.82, 2.24) is 4.90 Å². The van der Waals surface area contributed by atoms with E-state index in [2.05, 4.69) is 0 Å². The molecule has 2 aliphatic rings. The fourth-order valence-corrected chi connectivity index (χ4v) is 5.17. The van der Waals surface area contributed by atoms with Gasteiger partial charge >= 0.3 is 0 Å². The van der Waals surface area contributed by atoms with Gasteiger partial charge in [0.2, 0.25) is 0 Å². The van der Waals surface area contributed by atoms with E-state index in [1.165, 1.54) is 22.6 Å². The van der Waals surface area contributed by atoms with Crippen LogP contribution in [0.15, 0.2) is 72.3 Å². The lowest BCUT2D eigenvalue weighted by Crippen LogP contribution is -2.31. The second-order valence-electron chi connectivity index (χ2n) is 9.11. The summed E-state index contributed by atoms with van der Waals surface area (Å²) in [4.78, 5) is 27.8. The first kappa shape index (κ1) is 23.3. The summed E-state index contributed by atoms with van der Waals surface area (Å²) >= 11 is 5.98. The number of amides is 1. The van der Waals surface area contributed by atoms with Crippen LogP contribution in [-0.2, 0) is 28.9 Å². The minimum Gasteiger partial charge on any atom is -0.507 e. The van der Waals surface area contributed by atoms with Gasteiger partial charge in [-0.05, 0) is 84.7 Å². The van der Waals surface area contributed by atoms with Gasteiger partial charge in [0, 0.05) is 17.1 Å². The van der Waals surface area contributed by atoms with E-state index < -0.39 is 23.5 Å². The maximum absolute atomic E-state index is 13.7. The molecular weight excluding hydrogens is 465 g/mol. The Morgan fingerprint density at radius 1 is 0.943 bits per heavy atom. The lowest BCUT2D eigenvalue weighted by Gasteiger charge is -2.25. The molecule has 1 fully saturated rings.